The third-order valence-electron chi connectivity index (χ3n) is 5.77. The van der Waals surface area contributed by atoms with Crippen molar-refractivity contribution in [2.24, 2.45) is 0 Å². The van der Waals surface area contributed by atoms with Crippen LogP contribution in [0.1, 0.15) is 45.1 Å². The molecule has 0 saturated heterocycles. The van der Waals surface area contributed by atoms with Gasteiger partial charge in [0.2, 0.25) is 21.8 Å². The smallest absolute Gasteiger partial charge is 0.242 e. The van der Waals surface area contributed by atoms with Gasteiger partial charge in [-0.05, 0) is 49.1 Å². The van der Waals surface area contributed by atoms with Crippen molar-refractivity contribution in [3.05, 3.63) is 59.7 Å². The molecule has 0 aliphatic carbocycles. The minimum atomic E-state index is -3.83. The molecular formula is C26H35F2N3O5S. The lowest BCUT2D eigenvalue weighted by Gasteiger charge is -2.31. The van der Waals surface area contributed by atoms with E-state index >= 15 is 0 Å². The van der Waals surface area contributed by atoms with Crippen molar-refractivity contribution in [1.29, 1.82) is 0 Å². The summed E-state index contributed by atoms with van der Waals surface area (Å²) < 4.78 is 58.0. The molecule has 0 aliphatic rings. The van der Waals surface area contributed by atoms with E-state index in [2.05, 4.69) is 5.32 Å². The largest absolute Gasteiger partial charge is 0.497 e. The molecular weight excluding hydrogens is 504 g/mol. The van der Waals surface area contributed by atoms with Crippen molar-refractivity contribution in [2.45, 2.75) is 52.1 Å². The fourth-order valence-corrected chi connectivity index (χ4v) is 4.85. The van der Waals surface area contributed by atoms with Gasteiger partial charge in [0.25, 0.3) is 0 Å². The summed E-state index contributed by atoms with van der Waals surface area (Å²) in [7, 11) is -2.29. The second-order valence-corrected chi connectivity index (χ2v) is 10.5. The van der Waals surface area contributed by atoms with Gasteiger partial charge in [-0.25, -0.2) is 17.2 Å². The molecule has 0 aliphatic heterocycles. The molecule has 2 amide bonds. The minimum Gasteiger partial charge on any atom is -0.497 e. The maximum Gasteiger partial charge on any atom is 0.242 e. The Labute approximate surface area is 217 Å². The van der Waals surface area contributed by atoms with Crippen molar-refractivity contribution in [3.8, 4) is 5.75 Å². The highest BCUT2D eigenvalue weighted by Gasteiger charge is 2.29. The van der Waals surface area contributed by atoms with Gasteiger partial charge in [-0.15, -0.1) is 0 Å². The molecule has 2 rings (SSSR count). The number of anilines is 1. The number of hydrogen-bond donors (Lipinski definition) is 1. The Kier molecular flexibility index (Phi) is 11.3. The monoisotopic (exact) mass is 539 g/mol. The Morgan fingerprint density at radius 2 is 1.81 bits per heavy atom. The van der Waals surface area contributed by atoms with E-state index in [1.165, 1.54) is 18.1 Å². The summed E-state index contributed by atoms with van der Waals surface area (Å²) in [5.41, 5.74) is 0.737. The van der Waals surface area contributed by atoms with Crippen LogP contribution >= 0.6 is 0 Å². The number of nitrogens with one attached hydrogen (secondary N) is 1. The fraction of sp³-hybridized carbons (Fsp3) is 0.462. The number of hydrogen-bond acceptors (Lipinski definition) is 5. The summed E-state index contributed by atoms with van der Waals surface area (Å²) in [5.74, 6) is -2.24. The van der Waals surface area contributed by atoms with E-state index in [4.69, 9.17) is 4.74 Å². The van der Waals surface area contributed by atoms with Gasteiger partial charge in [0.05, 0.1) is 19.1 Å². The normalized spacial score (nSPS) is 12.1. The van der Waals surface area contributed by atoms with Crippen molar-refractivity contribution in [2.75, 3.05) is 30.8 Å². The van der Waals surface area contributed by atoms with Crippen LogP contribution in [0, 0.1) is 11.6 Å². The number of carbonyl (C=O) groups is 2. The number of amides is 2. The zero-order valence-electron chi connectivity index (χ0n) is 21.7. The van der Waals surface area contributed by atoms with Crippen LogP contribution in [0.2, 0.25) is 0 Å². The van der Waals surface area contributed by atoms with Crippen LogP contribution in [0.4, 0.5) is 14.5 Å². The van der Waals surface area contributed by atoms with Gasteiger partial charge in [-0.3, -0.25) is 13.9 Å². The summed E-state index contributed by atoms with van der Waals surface area (Å²) in [6.07, 6.45) is 2.13. The van der Waals surface area contributed by atoms with Gasteiger partial charge in [-0.1, -0.05) is 26.0 Å². The molecule has 0 unspecified atom stereocenters. The van der Waals surface area contributed by atoms with E-state index < -0.39 is 27.7 Å². The number of sulfonamides is 1. The molecule has 0 bridgehead atoms. The molecule has 11 heteroatoms. The number of methoxy groups -OCH3 is 1. The van der Waals surface area contributed by atoms with Crippen molar-refractivity contribution in [3.63, 3.8) is 0 Å². The molecule has 2 aromatic carbocycles. The Morgan fingerprint density at radius 3 is 2.41 bits per heavy atom. The van der Waals surface area contributed by atoms with Crippen LogP contribution in [-0.2, 0) is 26.2 Å². The van der Waals surface area contributed by atoms with E-state index in [0.717, 1.165) is 34.7 Å². The number of carbonyl (C=O) groups excluding carboxylic acids is 2. The van der Waals surface area contributed by atoms with E-state index in [1.54, 1.807) is 18.2 Å². The van der Waals surface area contributed by atoms with E-state index in [9.17, 15) is 26.8 Å². The van der Waals surface area contributed by atoms with E-state index in [1.807, 2.05) is 19.9 Å². The van der Waals surface area contributed by atoms with Crippen LogP contribution in [-0.4, -0.2) is 57.6 Å². The molecule has 0 saturated carbocycles. The van der Waals surface area contributed by atoms with Crippen LogP contribution < -0.4 is 14.4 Å². The number of rotatable bonds is 14. The molecule has 204 valence electrons. The second kappa shape index (κ2) is 13.9. The molecule has 0 fully saturated rings. The Morgan fingerprint density at radius 1 is 1.08 bits per heavy atom. The van der Waals surface area contributed by atoms with Gasteiger partial charge in [0, 0.05) is 32.1 Å². The maximum atomic E-state index is 13.7. The molecule has 0 heterocycles. The average Bonchev–Trinajstić information content (AvgIpc) is 2.86. The first kappa shape index (κ1) is 30.0. The molecule has 1 N–H and O–H groups in total. The predicted octanol–water partition coefficient (Wildman–Crippen LogP) is 3.85. The predicted molar refractivity (Wildman–Crippen MR) is 139 cm³/mol. The van der Waals surface area contributed by atoms with Gasteiger partial charge < -0.3 is 15.0 Å². The lowest BCUT2D eigenvalue weighted by Crippen LogP contribution is -2.49. The highest BCUT2D eigenvalue weighted by Crippen LogP contribution is 2.22. The first-order valence-corrected chi connectivity index (χ1v) is 14.0. The zero-order chi connectivity index (χ0) is 27.6. The molecule has 37 heavy (non-hydrogen) atoms. The number of halogens is 2. The molecule has 0 radical (unpaired) electrons. The summed E-state index contributed by atoms with van der Waals surface area (Å²) in [4.78, 5) is 27.7. The Bertz CT molecular complexity index is 1180. The van der Waals surface area contributed by atoms with Crippen LogP contribution in [0.25, 0.3) is 0 Å². The Balaban J connectivity index is 2.24. The quantitative estimate of drug-likeness (QED) is 0.394. The van der Waals surface area contributed by atoms with E-state index in [-0.39, 0.29) is 43.4 Å². The lowest BCUT2D eigenvalue weighted by atomic mass is 10.1. The third-order valence-corrected chi connectivity index (χ3v) is 6.96. The number of ether oxygens (including phenoxy) is 1. The lowest BCUT2D eigenvalue weighted by molar-refractivity contribution is -0.141. The number of benzene rings is 2. The van der Waals surface area contributed by atoms with Crippen molar-refractivity contribution >= 4 is 27.5 Å². The first-order chi connectivity index (χ1) is 17.5. The first-order valence-electron chi connectivity index (χ1n) is 12.1. The zero-order valence-corrected chi connectivity index (χ0v) is 22.5. The van der Waals surface area contributed by atoms with Crippen molar-refractivity contribution in [1.82, 2.24) is 10.2 Å². The van der Waals surface area contributed by atoms with Crippen LogP contribution in [0.15, 0.2) is 42.5 Å². The number of nitrogens with zero attached hydrogens (tertiary/aromatic N) is 2. The summed E-state index contributed by atoms with van der Waals surface area (Å²) in [6, 6.07) is 9.28. The standard InChI is InChI=1S/C26H35F2N3O5S/c1-5-14-29-26(33)24(6-2)30(18-19-9-7-10-21(16-19)36-3)25(32)11-8-15-31(37(4,34)35)20-12-13-22(27)23(28)17-20/h7,9-10,12-13,16-17,24H,5-6,8,11,14-15,18H2,1-4H3,(H,29,33)/t24-/m1/s1. The Hall–Kier alpha value is -3.21. The molecule has 0 spiro atoms. The maximum absolute atomic E-state index is 13.7. The third kappa shape index (κ3) is 8.70. The summed E-state index contributed by atoms with van der Waals surface area (Å²) in [5, 5.41) is 2.84. The fourth-order valence-electron chi connectivity index (χ4n) is 3.90. The molecule has 8 nitrogen and oxygen atoms in total. The minimum absolute atomic E-state index is 0.0348. The molecule has 2 aromatic rings. The highest BCUT2D eigenvalue weighted by molar-refractivity contribution is 7.92. The molecule has 1 atom stereocenters. The summed E-state index contributed by atoms with van der Waals surface area (Å²) in [6.45, 7) is 4.26. The average molecular weight is 540 g/mol. The van der Waals surface area contributed by atoms with E-state index in [0.29, 0.717) is 18.7 Å². The molecule has 0 aromatic heterocycles. The van der Waals surface area contributed by atoms with Crippen molar-refractivity contribution < 1.29 is 31.5 Å². The van der Waals surface area contributed by atoms with Gasteiger partial charge in [-0.2, -0.15) is 0 Å². The SMILES string of the molecule is CCCNC(=O)[C@@H](CC)N(Cc1cccc(OC)c1)C(=O)CCCN(c1ccc(F)c(F)c1)S(C)(=O)=O. The highest BCUT2D eigenvalue weighted by atomic mass is 32.2. The van der Waals surface area contributed by atoms with Gasteiger partial charge >= 0.3 is 0 Å². The topological polar surface area (TPSA) is 96.0 Å². The summed E-state index contributed by atoms with van der Waals surface area (Å²) >= 11 is 0. The van der Waals surface area contributed by atoms with Crippen LogP contribution in [0.3, 0.4) is 0 Å². The second-order valence-electron chi connectivity index (χ2n) is 8.63. The van der Waals surface area contributed by atoms with Gasteiger partial charge in [0.15, 0.2) is 11.6 Å². The van der Waals surface area contributed by atoms with Crippen LogP contribution in [0.5, 0.6) is 5.75 Å². The van der Waals surface area contributed by atoms with Gasteiger partial charge in [0.1, 0.15) is 11.8 Å².